The van der Waals surface area contributed by atoms with Gasteiger partial charge in [-0.25, -0.2) is 0 Å². The smallest absolute Gasteiger partial charge is 0.186 e. The van der Waals surface area contributed by atoms with Gasteiger partial charge in [0.1, 0.15) is 5.75 Å². The second-order valence-electron chi connectivity index (χ2n) is 4.73. The fourth-order valence-electron chi connectivity index (χ4n) is 2.40. The maximum absolute atomic E-state index is 12.4. The molecule has 0 atom stereocenters. The van der Waals surface area contributed by atoms with E-state index < -0.39 is 0 Å². The molecule has 1 saturated heterocycles. The van der Waals surface area contributed by atoms with Gasteiger partial charge >= 0.3 is 0 Å². The number of ketones is 1. The van der Waals surface area contributed by atoms with Crippen molar-refractivity contribution in [2.24, 2.45) is 0 Å². The number of carbonyl (C=O) groups excluding carboxylic acids is 1. The number of benzene rings is 1. The summed E-state index contributed by atoms with van der Waals surface area (Å²) in [4.78, 5) is 12.4. The van der Waals surface area contributed by atoms with E-state index in [1.54, 1.807) is 7.11 Å². The summed E-state index contributed by atoms with van der Waals surface area (Å²) in [6, 6.07) is 7.83. The highest BCUT2D eigenvalue weighted by Gasteiger charge is 2.28. The number of methoxy groups -OCH3 is 1. The second kappa shape index (κ2) is 6.10. The first kappa shape index (κ1) is 13.8. The van der Waals surface area contributed by atoms with Crippen LogP contribution in [0.5, 0.6) is 5.75 Å². The Kier molecular flexibility index (Phi) is 4.22. The molecule has 3 rings (SSSR count). The zero-order valence-electron chi connectivity index (χ0n) is 11.3. The van der Waals surface area contributed by atoms with Crippen LogP contribution in [0.2, 0.25) is 0 Å². The Morgan fingerprint density at radius 3 is 2.45 bits per heavy atom. The summed E-state index contributed by atoms with van der Waals surface area (Å²) in [6.45, 7) is 0. The number of rotatable bonds is 2. The van der Waals surface area contributed by atoms with E-state index in [1.807, 2.05) is 53.9 Å². The van der Waals surface area contributed by atoms with Crippen molar-refractivity contribution in [1.29, 1.82) is 0 Å². The Balaban J connectivity index is 1.82. The van der Waals surface area contributed by atoms with Crippen molar-refractivity contribution < 1.29 is 9.53 Å². The van der Waals surface area contributed by atoms with Crippen LogP contribution in [-0.2, 0) is 4.79 Å². The van der Waals surface area contributed by atoms with E-state index in [9.17, 15) is 4.79 Å². The molecule has 20 heavy (non-hydrogen) atoms. The summed E-state index contributed by atoms with van der Waals surface area (Å²) >= 11 is 3.67. The molecule has 0 unspecified atom stereocenters. The number of Topliss-reactive ketones (excluding diaryl/α,β-unsaturated/α-hetero) is 1. The maximum Gasteiger partial charge on any atom is 0.186 e. The normalized spacial score (nSPS) is 21.1. The minimum absolute atomic E-state index is 0.248. The SMILES string of the molecule is COc1ccc(/C=C2/CCC(=C3SCCS3)C2=O)cc1. The van der Waals surface area contributed by atoms with Gasteiger partial charge in [0.05, 0.1) is 7.11 Å². The molecule has 0 radical (unpaired) electrons. The summed E-state index contributed by atoms with van der Waals surface area (Å²) in [5.74, 6) is 3.35. The zero-order chi connectivity index (χ0) is 13.9. The van der Waals surface area contributed by atoms with Crippen molar-refractivity contribution in [3.63, 3.8) is 0 Å². The van der Waals surface area contributed by atoms with Crippen LogP contribution in [0.3, 0.4) is 0 Å². The number of hydrogen-bond donors (Lipinski definition) is 0. The van der Waals surface area contributed by atoms with Crippen molar-refractivity contribution >= 4 is 35.4 Å². The molecule has 2 aliphatic rings. The van der Waals surface area contributed by atoms with E-state index in [2.05, 4.69) is 0 Å². The van der Waals surface area contributed by atoms with E-state index >= 15 is 0 Å². The van der Waals surface area contributed by atoms with Gasteiger partial charge in [-0.15, -0.1) is 23.5 Å². The second-order valence-corrected chi connectivity index (χ2v) is 7.20. The summed E-state index contributed by atoms with van der Waals surface area (Å²) < 4.78 is 6.40. The van der Waals surface area contributed by atoms with Gasteiger partial charge in [-0.2, -0.15) is 0 Å². The van der Waals surface area contributed by atoms with Crippen molar-refractivity contribution in [1.82, 2.24) is 0 Å². The monoisotopic (exact) mass is 304 g/mol. The Labute approximate surface area is 127 Å². The van der Waals surface area contributed by atoms with Crippen LogP contribution in [0, 0.1) is 0 Å². The van der Waals surface area contributed by atoms with E-state index in [0.29, 0.717) is 0 Å². The molecule has 104 valence electrons. The van der Waals surface area contributed by atoms with Crippen LogP contribution in [0.4, 0.5) is 0 Å². The first-order chi connectivity index (χ1) is 9.78. The molecule has 4 heteroatoms. The summed E-state index contributed by atoms with van der Waals surface area (Å²) in [7, 11) is 1.66. The Hall–Kier alpha value is -1.13. The third-order valence-corrected chi connectivity index (χ3v) is 6.26. The number of carbonyl (C=O) groups is 1. The first-order valence-corrected chi connectivity index (χ1v) is 8.63. The molecule has 1 aliphatic carbocycles. The van der Waals surface area contributed by atoms with Gasteiger partial charge in [0, 0.05) is 26.9 Å². The van der Waals surface area contributed by atoms with Gasteiger partial charge in [0.2, 0.25) is 0 Å². The molecule has 1 heterocycles. The predicted octanol–water partition coefficient (Wildman–Crippen LogP) is 4.13. The maximum atomic E-state index is 12.4. The number of thioether (sulfide) groups is 2. The molecule has 2 fully saturated rings. The molecule has 1 aromatic rings. The zero-order valence-corrected chi connectivity index (χ0v) is 13.0. The van der Waals surface area contributed by atoms with Crippen molar-refractivity contribution in [3.05, 3.63) is 45.2 Å². The largest absolute Gasteiger partial charge is 0.497 e. The molecule has 1 saturated carbocycles. The van der Waals surface area contributed by atoms with Crippen LogP contribution in [0.15, 0.2) is 39.6 Å². The fraction of sp³-hybridized carbons (Fsp3) is 0.312. The highest BCUT2D eigenvalue weighted by atomic mass is 32.2. The lowest BCUT2D eigenvalue weighted by molar-refractivity contribution is -0.111. The Bertz CT molecular complexity index is 577. The summed E-state index contributed by atoms with van der Waals surface area (Å²) in [5.41, 5.74) is 3.04. The standard InChI is InChI=1S/C16H16O2S2/c1-18-13-5-2-11(3-6-13)10-12-4-7-14(15(12)17)16-19-8-9-20-16/h2-3,5-6,10H,4,7-9H2,1H3/b12-10-. The quantitative estimate of drug-likeness (QED) is 0.767. The van der Waals surface area contributed by atoms with Crippen molar-refractivity contribution in [3.8, 4) is 5.75 Å². The molecule has 0 bridgehead atoms. The minimum atomic E-state index is 0.248. The average Bonchev–Trinajstić information content (AvgIpc) is 3.11. The molecule has 0 amide bonds. The lowest BCUT2D eigenvalue weighted by atomic mass is 10.1. The average molecular weight is 304 g/mol. The van der Waals surface area contributed by atoms with Crippen molar-refractivity contribution in [2.75, 3.05) is 18.6 Å². The molecule has 0 spiro atoms. The van der Waals surface area contributed by atoms with Gasteiger partial charge in [0.15, 0.2) is 5.78 Å². The summed E-state index contributed by atoms with van der Waals surface area (Å²) in [6.07, 6.45) is 3.78. The number of allylic oxidation sites excluding steroid dienone is 2. The van der Waals surface area contributed by atoms with Crippen molar-refractivity contribution in [2.45, 2.75) is 12.8 Å². The van der Waals surface area contributed by atoms with E-state index in [0.717, 1.165) is 46.8 Å². The van der Waals surface area contributed by atoms with Gasteiger partial charge in [-0.3, -0.25) is 4.79 Å². The molecule has 0 N–H and O–H groups in total. The fourth-order valence-corrected chi connectivity index (χ4v) is 5.01. The predicted molar refractivity (Wildman–Crippen MR) is 87.2 cm³/mol. The molecule has 1 aromatic carbocycles. The van der Waals surface area contributed by atoms with Crippen LogP contribution in [-0.4, -0.2) is 24.4 Å². The van der Waals surface area contributed by atoms with Gasteiger partial charge < -0.3 is 4.74 Å². The van der Waals surface area contributed by atoms with Crippen LogP contribution >= 0.6 is 23.5 Å². The molecule has 1 aliphatic heterocycles. The van der Waals surface area contributed by atoms with Crippen LogP contribution in [0.25, 0.3) is 6.08 Å². The Morgan fingerprint density at radius 1 is 1.10 bits per heavy atom. The van der Waals surface area contributed by atoms with Gasteiger partial charge in [-0.1, -0.05) is 12.1 Å². The molecule has 0 aromatic heterocycles. The lowest BCUT2D eigenvalue weighted by Gasteiger charge is -2.01. The Morgan fingerprint density at radius 2 is 1.80 bits per heavy atom. The van der Waals surface area contributed by atoms with Gasteiger partial charge in [0.25, 0.3) is 0 Å². The molecular formula is C16H16O2S2. The van der Waals surface area contributed by atoms with E-state index in [4.69, 9.17) is 4.74 Å². The molecular weight excluding hydrogens is 288 g/mol. The molecule has 2 nitrogen and oxygen atoms in total. The highest BCUT2D eigenvalue weighted by molar-refractivity contribution is 8.25. The van der Waals surface area contributed by atoms with Crippen LogP contribution < -0.4 is 4.74 Å². The highest BCUT2D eigenvalue weighted by Crippen LogP contribution is 2.43. The number of ether oxygens (including phenoxy) is 1. The first-order valence-electron chi connectivity index (χ1n) is 6.66. The van der Waals surface area contributed by atoms with Gasteiger partial charge in [-0.05, 0) is 36.6 Å². The number of hydrogen-bond acceptors (Lipinski definition) is 4. The minimum Gasteiger partial charge on any atom is -0.497 e. The van der Waals surface area contributed by atoms with E-state index in [-0.39, 0.29) is 5.78 Å². The van der Waals surface area contributed by atoms with Crippen LogP contribution in [0.1, 0.15) is 18.4 Å². The van der Waals surface area contributed by atoms with E-state index in [1.165, 1.54) is 4.24 Å². The lowest BCUT2D eigenvalue weighted by Crippen LogP contribution is -1.96. The topological polar surface area (TPSA) is 26.3 Å². The third-order valence-electron chi connectivity index (χ3n) is 3.46. The third kappa shape index (κ3) is 2.81. The summed E-state index contributed by atoms with van der Waals surface area (Å²) in [5, 5.41) is 0.